The summed E-state index contributed by atoms with van der Waals surface area (Å²) < 4.78 is 39.5. The number of nitrogens with zero attached hydrogens (tertiary/aromatic N) is 1. The lowest BCUT2D eigenvalue weighted by Crippen LogP contribution is -2.41. The van der Waals surface area contributed by atoms with Gasteiger partial charge in [-0.1, -0.05) is 0 Å². The number of fused-ring (bicyclic) bond motifs is 3. The van der Waals surface area contributed by atoms with Gasteiger partial charge in [-0.15, -0.1) is 0 Å². The van der Waals surface area contributed by atoms with E-state index in [1.54, 1.807) is 6.07 Å². The molecule has 1 heterocycles. The molecule has 0 bridgehead atoms. The maximum absolute atomic E-state index is 13.2. The fourth-order valence-corrected chi connectivity index (χ4v) is 4.48. The molecule has 2 aliphatic rings. The number of alkyl halides is 3. The minimum absolute atomic E-state index is 0.109. The second kappa shape index (κ2) is 9.24. The molecule has 8 heteroatoms. The number of rotatable bonds is 6. The molecule has 5 nitrogen and oxygen atoms in total. The molecule has 1 fully saturated rings. The first kappa shape index (κ1) is 21.7. The van der Waals surface area contributed by atoms with Gasteiger partial charge in [-0.25, -0.2) is 4.79 Å². The Morgan fingerprint density at radius 2 is 2.03 bits per heavy atom. The zero-order chi connectivity index (χ0) is 21.0. The molecule has 3 atom stereocenters. The summed E-state index contributed by atoms with van der Waals surface area (Å²) in [6.07, 6.45) is -0.690. The molecule has 162 valence electrons. The number of hydrogen-bond acceptors (Lipinski definition) is 3. The van der Waals surface area contributed by atoms with Crippen molar-refractivity contribution in [2.75, 3.05) is 45.6 Å². The van der Waals surface area contributed by atoms with Gasteiger partial charge in [0.1, 0.15) is 0 Å². The Hall–Kier alpha value is -1.96. The van der Waals surface area contributed by atoms with Gasteiger partial charge >= 0.3 is 12.2 Å². The Morgan fingerprint density at radius 3 is 2.76 bits per heavy atom. The van der Waals surface area contributed by atoms with Crippen LogP contribution in [0.15, 0.2) is 18.2 Å². The summed E-state index contributed by atoms with van der Waals surface area (Å²) in [5, 5.41) is 9.09. The monoisotopic (exact) mass is 412 g/mol. The number of amides is 2. The molecule has 3 N–H and O–H groups in total. The third-order valence-electron chi connectivity index (χ3n) is 6.05. The molecule has 1 aliphatic carbocycles. The molecule has 0 saturated heterocycles. The van der Waals surface area contributed by atoms with Crippen molar-refractivity contribution in [1.82, 2.24) is 15.5 Å². The number of nitrogens with one attached hydrogen (secondary N) is 3. The van der Waals surface area contributed by atoms with Crippen LogP contribution < -0.4 is 16.0 Å². The van der Waals surface area contributed by atoms with Crippen LogP contribution in [0.25, 0.3) is 0 Å². The van der Waals surface area contributed by atoms with Gasteiger partial charge in [0.25, 0.3) is 0 Å². The number of anilines is 1. The van der Waals surface area contributed by atoms with E-state index < -0.39 is 11.7 Å². The Morgan fingerprint density at radius 1 is 1.24 bits per heavy atom. The highest BCUT2D eigenvalue weighted by atomic mass is 19.4. The van der Waals surface area contributed by atoms with E-state index in [1.165, 1.54) is 6.07 Å². The van der Waals surface area contributed by atoms with Crippen molar-refractivity contribution < 1.29 is 18.0 Å². The van der Waals surface area contributed by atoms with Gasteiger partial charge in [0.05, 0.1) is 5.56 Å². The third kappa shape index (κ3) is 5.78. The normalized spacial score (nSPS) is 23.7. The van der Waals surface area contributed by atoms with Crippen LogP contribution in [0.5, 0.6) is 0 Å². The largest absolute Gasteiger partial charge is 0.416 e. The highest BCUT2D eigenvalue weighted by Crippen LogP contribution is 2.47. The smallest absolute Gasteiger partial charge is 0.385 e. The third-order valence-corrected chi connectivity index (χ3v) is 6.05. The zero-order valence-electron chi connectivity index (χ0n) is 17.1. The standard InChI is InChI=1S/C21H31F3N4O/c1-28(2)9-3-8-25-20(29)27-12-14-4-5-15-13-26-19-7-6-16(21(22,23)24)11-18(19)17(15)10-14/h6-7,11,14-15,17,26H,3-5,8-10,12-13H2,1-2H3,(H2,25,27,29). The fraction of sp³-hybridized carbons (Fsp3) is 0.667. The molecule has 1 saturated carbocycles. The number of urea groups is 1. The zero-order valence-corrected chi connectivity index (χ0v) is 17.1. The number of carbonyl (C=O) groups is 1. The topological polar surface area (TPSA) is 56.4 Å². The predicted molar refractivity (Wildman–Crippen MR) is 108 cm³/mol. The van der Waals surface area contributed by atoms with Crippen LogP contribution in [0.3, 0.4) is 0 Å². The van der Waals surface area contributed by atoms with E-state index in [4.69, 9.17) is 0 Å². The van der Waals surface area contributed by atoms with E-state index in [0.29, 0.717) is 19.0 Å². The summed E-state index contributed by atoms with van der Waals surface area (Å²) in [6.45, 7) is 2.90. The van der Waals surface area contributed by atoms with Crippen LogP contribution in [-0.4, -0.2) is 51.2 Å². The Bertz CT molecular complexity index is 708. The molecule has 29 heavy (non-hydrogen) atoms. The van der Waals surface area contributed by atoms with E-state index in [-0.39, 0.29) is 17.9 Å². The molecule has 0 aromatic heterocycles. The maximum Gasteiger partial charge on any atom is 0.416 e. The molecule has 0 radical (unpaired) electrons. The van der Waals surface area contributed by atoms with Crippen molar-refractivity contribution in [2.24, 2.45) is 11.8 Å². The number of carbonyl (C=O) groups excluding carboxylic acids is 1. The van der Waals surface area contributed by atoms with Gasteiger partial charge in [0.15, 0.2) is 0 Å². The summed E-state index contributed by atoms with van der Waals surface area (Å²) in [4.78, 5) is 14.1. The molecule has 3 rings (SSSR count). The minimum atomic E-state index is -4.33. The predicted octanol–water partition coefficient (Wildman–Crippen LogP) is 3.88. The van der Waals surface area contributed by atoms with E-state index in [2.05, 4.69) is 20.9 Å². The fourth-order valence-electron chi connectivity index (χ4n) is 4.48. The van der Waals surface area contributed by atoms with Gasteiger partial charge < -0.3 is 20.9 Å². The molecule has 1 aliphatic heterocycles. The number of hydrogen-bond donors (Lipinski definition) is 3. The molecular formula is C21H31F3N4O. The molecule has 2 amide bonds. The molecule has 1 aromatic rings. The first-order chi connectivity index (χ1) is 13.7. The lowest BCUT2D eigenvalue weighted by atomic mass is 9.69. The van der Waals surface area contributed by atoms with Gasteiger partial charge in [-0.3, -0.25) is 0 Å². The van der Waals surface area contributed by atoms with Crippen molar-refractivity contribution in [3.8, 4) is 0 Å². The lowest BCUT2D eigenvalue weighted by molar-refractivity contribution is -0.137. The Labute approximate surface area is 170 Å². The molecule has 3 unspecified atom stereocenters. The first-order valence-corrected chi connectivity index (χ1v) is 10.4. The quantitative estimate of drug-likeness (QED) is 0.622. The number of halogens is 3. The van der Waals surface area contributed by atoms with E-state index >= 15 is 0 Å². The van der Waals surface area contributed by atoms with Gasteiger partial charge in [-0.05, 0) is 87.8 Å². The van der Waals surface area contributed by atoms with Crippen molar-refractivity contribution in [3.05, 3.63) is 29.3 Å². The van der Waals surface area contributed by atoms with Crippen LogP contribution in [0, 0.1) is 11.8 Å². The van der Waals surface area contributed by atoms with Gasteiger partial charge in [-0.2, -0.15) is 13.2 Å². The molecule has 0 spiro atoms. The van der Waals surface area contributed by atoms with Crippen molar-refractivity contribution in [3.63, 3.8) is 0 Å². The Kier molecular flexibility index (Phi) is 6.93. The van der Waals surface area contributed by atoms with Gasteiger partial charge in [0, 0.05) is 25.3 Å². The maximum atomic E-state index is 13.2. The van der Waals surface area contributed by atoms with Crippen LogP contribution >= 0.6 is 0 Å². The highest BCUT2D eigenvalue weighted by Gasteiger charge is 2.38. The van der Waals surface area contributed by atoms with E-state index in [0.717, 1.165) is 56.1 Å². The average Bonchev–Trinajstić information content (AvgIpc) is 2.68. The highest BCUT2D eigenvalue weighted by molar-refractivity contribution is 5.73. The van der Waals surface area contributed by atoms with E-state index in [9.17, 15) is 18.0 Å². The van der Waals surface area contributed by atoms with Crippen LogP contribution in [0.2, 0.25) is 0 Å². The SMILES string of the molecule is CN(C)CCCNC(=O)NCC1CCC2CNc3ccc(C(F)(F)F)cc3C2C1. The summed E-state index contributed by atoms with van der Waals surface area (Å²) in [6, 6.07) is 3.84. The van der Waals surface area contributed by atoms with Crippen LogP contribution in [0.1, 0.15) is 42.7 Å². The van der Waals surface area contributed by atoms with Crippen LogP contribution in [-0.2, 0) is 6.18 Å². The van der Waals surface area contributed by atoms with Crippen molar-refractivity contribution in [1.29, 1.82) is 0 Å². The number of benzene rings is 1. The first-order valence-electron chi connectivity index (χ1n) is 10.4. The Balaban J connectivity index is 1.55. The van der Waals surface area contributed by atoms with Crippen molar-refractivity contribution >= 4 is 11.7 Å². The molecular weight excluding hydrogens is 381 g/mol. The van der Waals surface area contributed by atoms with Gasteiger partial charge in [0.2, 0.25) is 0 Å². The molecule has 1 aromatic carbocycles. The van der Waals surface area contributed by atoms with Crippen LogP contribution in [0.4, 0.5) is 23.7 Å². The second-order valence-corrected chi connectivity index (χ2v) is 8.52. The van der Waals surface area contributed by atoms with Crippen molar-refractivity contribution in [2.45, 2.75) is 37.8 Å². The summed E-state index contributed by atoms with van der Waals surface area (Å²) in [7, 11) is 3.99. The lowest BCUT2D eigenvalue weighted by Gasteiger charge is -2.41. The summed E-state index contributed by atoms with van der Waals surface area (Å²) in [5.41, 5.74) is 0.997. The van der Waals surface area contributed by atoms with E-state index in [1.807, 2.05) is 14.1 Å². The minimum Gasteiger partial charge on any atom is -0.385 e. The summed E-state index contributed by atoms with van der Waals surface area (Å²) in [5.74, 6) is 0.739. The second-order valence-electron chi connectivity index (χ2n) is 8.52. The average molecular weight is 413 g/mol. The summed E-state index contributed by atoms with van der Waals surface area (Å²) >= 11 is 0.